The van der Waals surface area contributed by atoms with Gasteiger partial charge in [-0.15, -0.1) is 6.58 Å². The molecule has 1 unspecified atom stereocenters. The van der Waals surface area contributed by atoms with Crippen LogP contribution in [0.15, 0.2) is 12.7 Å². The first kappa shape index (κ1) is 13.7. The number of carbonyl (C=O) groups excluding carboxylic acids is 1. The van der Waals surface area contributed by atoms with E-state index in [1.807, 2.05) is 13.8 Å². The topological polar surface area (TPSA) is 57.6 Å². The number of carboxylic acid groups (broad SMARTS) is 1. The van der Waals surface area contributed by atoms with Crippen molar-refractivity contribution >= 4 is 11.9 Å². The van der Waals surface area contributed by atoms with Gasteiger partial charge >= 0.3 is 5.97 Å². The summed E-state index contributed by atoms with van der Waals surface area (Å²) in [6.45, 7) is 7.53. The molecule has 1 atom stereocenters. The molecule has 1 amide bonds. The van der Waals surface area contributed by atoms with Crippen molar-refractivity contribution in [2.24, 2.45) is 5.92 Å². The summed E-state index contributed by atoms with van der Waals surface area (Å²) < 4.78 is 0. The Hall–Kier alpha value is -1.32. The van der Waals surface area contributed by atoms with Crippen LogP contribution in [0.4, 0.5) is 0 Å². The maximum atomic E-state index is 11.7. The van der Waals surface area contributed by atoms with Crippen LogP contribution in [0.5, 0.6) is 0 Å². The molecule has 1 N–H and O–H groups in total. The second-order valence-corrected chi connectivity index (χ2v) is 3.67. The lowest BCUT2D eigenvalue weighted by atomic mass is 10.0. The number of aliphatic carboxylic acids is 1. The number of nitrogens with zero attached hydrogens (tertiary/aromatic N) is 1. The van der Waals surface area contributed by atoms with Crippen LogP contribution < -0.4 is 0 Å². The van der Waals surface area contributed by atoms with Gasteiger partial charge < -0.3 is 10.0 Å². The Balaban J connectivity index is 4.27. The molecule has 0 saturated carbocycles. The number of hydrogen-bond acceptors (Lipinski definition) is 2. The molecule has 0 aliphatic heterocycles. The summed E-state index contributed by atoms with van der Waals surface area (Å²) in [5, 5.41) is 8.62. The van der Waals surface area contributed by atoms with Crippen molar-refractivity contribution < 1.29 is 14.7 Å². The minimum atomic E-state index is -0.991. The van der Waals surface area contributed by atoms with Gasteiger partial charge in [0.1, 0.15) is 6.54 Å². The van der Waals surface area contributed by atoms with E-state index in [0.717, 1.165) is 6.42 Å². The number of carboxylic acids is 1. The summed E-state index contributed by atoms with van der Waals surface area (Å²) >= 11 is 0. The molecule has 15 heavy (non-hydrogen) atoms. The lowest BCUT2D eigenvalue weighted by Crippen LogP contribution is -2.36. The van der Waals surface area contributed by atoms with Crippen molar-refractivity contribution in [2.45, 2.75) is 26.7 Å². The van der Waals surface area contributed by atoms with Gasteiger partial charge in [-0.3, -0.25) is 9.59 Å². The van der Waals surface area contributed by atoms with Gasteiger partial charge in [0.25, 0.3) is 0 Å². The van der Waals surface area contributed by atoms with Gasteiger partial charge in [0.2, 0.25) is 5.91 Å². The van der Waals surface area contributed by atoms with E-state index in [1.54, 1.807) is 0 Å². The van der Waals surface area contributed by atoms with Crippen LogP contribution in [-0.4, -0.2) is 35.0 Å². The highest BCUT2D eigenvalue weighted by molar-refractivity contribution is 5.81. The first-order chi connectivity index (χ1) is 7.01. The zero-order valence-corrected chi connectivity index (χ0v) is 9.40. The Morgan fingerprint density at radius 2 is 2.13 bits per heavy atom. The normalized spacial score (nSPS) is 11.9. The summed E-state index contributed by atoms with van der Waals surface area (Å²) in [7, 11) is 0. The molecule has 86 valence electrons. The van der Waals surface area contributed by atoms with Crippen LogP contribution in [0, 0.1) is 5.92 Å². The molecule has 0 radical (unpaired) electrons. The van der Waals surface area contributed by atoms with E-state index in [9.17, 15) is 9.59 Å². The second kappa shape index (κ2) is 7.04. The van der Waals surface area contributed by atoms with Crippen molar-refractivity contribution in [3.63, 3.8) is 0 Å². The predicted molar refractivity (Wildman–Crippen MR) is 58.5 cm³/mol. The molecule has 0 spiro atoms. The fourth-order valence-electron chi connectivity index (χ4n) is 1.15. The van der Waals surface area contributed by atoms with Crippen molar-refractivity contribution in [3.8, 4) is 0 Å². The summed E-state index contributed by atoms with van der Waals surface area (Å²) in [6, 6.07) is 0. The van der Waals surface area contributed by atoms with E-state index in [4.69, 9.17) is 5.11 Å². The summed E-state index contributed by atoms with van der Waals surface area (Å²) in [4.78, 5) is 23.5. The van der Waals surface area contributed by atoms with Crippen molar-refractivity contribution in [2.75, 3.05) is 13.1 Å². The third kappa shape index (κ3) is 5.88. The monoisotopic (exact) mass is 213 g/mol. The zero-order chi connectivity index (χ0) is 11.8. The van der Waals surface area contributed by atoms with Crippen LogP contribution in [0.3, 0.4) is 0 Å². The standard InChI is InChI=1S/C11H19NO3/c1-4-6-12(8-11(14)15)10(13)7-9(3)5-2/h4,9H,1,5-8H2,2-3H3,(H,14,15). The smallest absolute Gasteiger partial charge is 0.323 e. The molecule has 0 heterocycles. The van der Waals surface area contributed by atoms with Crippen molar-refractivity contribution in [1.29, 1.82) is 0 Å². The van der Waals surface area contributed by atoms with Crippen LogP contribution in [0.1, 0.15) is 26.7 Å². The Morgan fingerprint density at radius 3 is 2.53 bits per heavy atom. The molecule has 4 heteroatoms. The average Bonchev–Trinajstić information content (AvgIpc) is 2.16. The van der Waals surface area contributed by atoms with E-state index >= 15 is 0 Å². The Kier molecular flexibility index (Phi) is 6.42. The van der Waals surface area contributed by atoms with Crippen LogP contribution in [-0.2, 0) is 9.59 Å². The molecule has 0 saturated heterocycles. The Labute approximate surface area is 90.6 Å². The van der Waals surface area contributed by atoms with Crippen LogP contribution in [0.2, 0.25) is 0 Å². The number of rotatable bonds is 7. The lowest BCUT2D eigenvalue weighted by Gasteiger charge is -2.20. The van der Waals surface area contributed by atoms with Gasteiger partial charge in [0.05, 0.1) is 0 Å². The maximum absolute atomic E-state index is 11.7. The van der Waals surface area contributed by atoms with Gasteiger partial charge in [0.15, 0.2) is 0 Å². The quantitative estimate of drug-likeness (QED) is 0.652. The fraction of sp³-hybridized carbons (Fsp3) is 0.636. The summed E-state index contributed by atoms with van der Waals surface area (Å²) in [5.74, 6) is -0.820. The highest BCUT2D eigenvalue weighted by Crippen LogP contribution is 2.09. The predicted octanol–water partition coefficient (Wildman–Crippen LogP) is 1.52. The first-order valence-corrected chi connectivity index (χ1v) is 5.11. The van der Waals surface area contributed by atoms with Gasteiger partial charge in [-0.05, 0) is 5.92 Å². The molecule has 0 rings (SSSR count). The summed E-state index contributed by atoms with van der Waals surface area (Å²) in [5.41, 5.74) is 0. The van der Waals surface area contributed by atoms with Gasteiger partial charge in [0, 0.05) is 13.0 Å². The third-order valence-electron chi connectivity index (χ3n) is 2.25. The number of carbonyl (C=O) groups is 2. The highest BCUT2D eigenvalue weighted by atomic mass is 16.4. The molecule has 0 bridgehead atoms. The van der Waals surface area contributed by atoms with E-state index < -0.39 is 5.97 Å². The number of amides is 1. The highest BCUT2D eigenvalue weighted by Gasteiger charge is 2.16. The number of hydrogen-bond donors (Lipinski definition) is 1. The van der Waals surface area contributed by atoms with E-state index in [1.165, 1.54) is 11.0 Å². The molecule has 0 fully saturated rings. The fourth-order valence-corrected chi connectivity index (χ4v) is 1.15. The second-order valence-electron chi connectivity index (χ2n) is 3.67. The van der Waals surface area contributed by atoms with Crippen molar-refractivity contribution in [1.82, 2.24) is 4.90 Å². The van der Waals surface area contributed by atoms with Crippen molar-refractivity contribution in [3.05, 3.63) is 12.7 Å². The Bertz CT molecular complexity index is 238. The van der Waals surface area contributed by atoms with Gasteiger partial charge in [-0.1, -0.05) is 26.3 Å². The molecule has 0 aliphatic rings. The maximum Gasteiger partial charge on any atom is 0.323 e. The molecule has 4 nitrogen and oxygen atoms in total. The van der Waals surface area contributed by atoms with Crippen LogP contribution in [0.25, 0.3) is 0 Å². The third-order valence-corrected chi connectivity index (χ3v) is 2.25. The molecule has 0 aromatic heterocycles. The molecular formula is C11H19NO3. The first-order valence-electron chi connectivity index (χ1n) is 5.11. The van der Waals surface area contributed by atoms with E-state index in [2.05, 4.69) is 6.58 Å². The van der Waals surface area contributed by atoms with Crippen LogP contribution >= 0.6 is 0 Å². The van der Waals surface area contributed by atoms with Gasteiger partial charge in [-0.2, -0.15) is 0 Å². The summed E-state index contributed by atoms with van der Waals surface area (Å²) in [6.07, 6.45) is 2.86. The zero-order valence-electron chi connectivity index (χ0n) is 9.40. The van der Waals surface area contributed by atoms with E-state index in [-0.39, 0.29) is 12.5 Å². The molecule has 0 aromatic rings. The lowest BCUT2D eigenvalue weighted by molar-refractivity contribution is -0.144. The molecular weight excluding hydrogens is 194 g/mol. The Morgan fingerprint density at radius 1 is 1.53 bits per heavy atom. The van der Waals surface area contributed by atoms with E-state index in [0.29, 0.717) is 18.9 Å². The minimum Gasteiger partial charge on any atom is -0.480 e. The molecule has 0 aliphatic carbocycles. The SMILES string of the molecule is C=CCN(CC(=O)O)C(=O)CC(C)CC. The van der Waals surface area contributed by atoms with Gasteiger partial charge in [-0.25, -0.2) is 0 Å². The molecule has 0 aromatic carbocycles. The largest absolute Gasteiger partial charge is 0.480 e. The average molecular weight is 213 g/mol. The minimum absolute atomic E-state index is 0.119.